The van der Waals surface area contributed by atoms with Gasteiger partial charge in [-0.2, -0.15) is 11.8 Å². The van der Waals surface area contributed by atoms with E-state index in [9.17, 15) is 14.0 Å². The van der Waals surface area contributed by atoms with Gasteiger partial charge in [0.25, 0.3) is 5.91 Å². The number of halogens is 1. The molecule has 28 heavy (non-hydrogen) atoms. The van der Waals surface area contributed by atoms with Crippen LogP contribution in [0.5, 0.6) is 0 Å². The van der Waals surface area contributed by atoms with Gasteiger partial charge in [0, 0.05) is 30.9 Å². The van der Waals surface area contributed by atoms with Crippen molar-refractivity contribution >= 4 is 23.6 Å². The third kappa shape index (κ3) is 5.84. The molecule has 152 valence electrons. The maximum atomic E-state index is 13.6. The summed E-state index contributed by atoms with van der Waals surface area (Å²) >= 11 is 1.54. The molecule has 1 aromatic carbocycles. The van der Waals surface area contributed by atoms with Crippen LogP contribution in [0.2, 0.25) is 0 Å². The predicted molar refractivity (Wildman–Crippen MR) is 107 cm³/mol. The molecule has 2 N–H and O–H groups in total. The third-order valence-electron chi connectivity index (χ3n) is 4.14. The van der Waals surface area contributed by atoms with Gasteiger partial charge in [0.05, 0.1) is 12.2 Å². The van der Waals surface area contributed by atoms with Crippen LogP contribution in [0.4, 0.5) is 4.39 Å². The first-order valence-corrected chi connectivity index (χ1v) is 10.1. The molecule has 1 heterocycles. The summed E-state index contributed by atoms with van der Waals surface area (Å²) in [6, 6.07) is 6.64. The van der Waals surface area contributed by atoms with E-state index in [1.165, 1.54) is 24.9 Å². The minimum absolute atomic E-state index is 0.153. The molecule has 2 rings (SSSR count). The van der Waals surface area contributed by atoms with Crippen LogP contribution < -0.4 is 5.32 Å². The molecule has 0 radical (unpaired) electrons. The lowest BCUT2D eigenvalue weighted by molar-refractivity contribution is 0.0387. The molecule has 0 aliphatic carbocycles. The lowest BCUT2D eigenvalue weighted by Crippen LogP contribution is -2.26. The second kappa shape index (κ2) is 10.9. The number of hydrogen-bond acceptors (Lipinski definition) is 5. The number of H-pyrrole nitrogens is 1. The normalized spacial score (nSPS) is 10.7. The van der Waals surface area contributed by atoms with Gasteiger partial charge in [-0.15, -0.1) is 0 Å². The molecular weight excluding hydrogens is 383 g/mol. The molecule has 0 spiro atoms. The summed E-state index contributed by atoms with van der Waals surface area (Å²) in [5, 5.41) is 2.82. The Balaban J connectivity index is 1.84. The van der Waals surface area contributed by atoms with Gasteiger partial charge < -0.3 is 19.8 Å². The van der Waals surface area contributed by atoms with E-state index in [0.29, 0.717) is 52.7 Å². The molecule has 0 atom stereocenters. The van der Waals surface area contributed by atoms with Gasteiger partial charge in [0.1, 0.15) is 18.1 Å². The van der Waals surface area contributed by atoms with E-state index in [1.54, 1.807) is 32.0 Å². The van der Waals surface area contributed by atoms with Crippen LogP contribution in [-0.4, -0.2) is 49.5 Å². The molecule has 1 amide bonds. The Morgan fingerprint density at radius 1 is 1.21 bits per heavy atom. The lowest BCUT2D eigenvalue weighted by atomic mass is 10.1. The maximum absolute atomic E-state index is 13.6. The standard InChI is InChI=1S/C20H25FN2O4S/c1-13-17(20(25)27-10-9-26-3)14(2)23-18(13)19(24)22-8-11-28-12-15-6-4-5-7-16(15)21/h4-7,23H,8-12H2,1-3H3,(H,22,24). The number of hydrogen-bond donors (Lipinski definition) is 2. The van der Waals surface area contributed by atoms with Crippen LogP contribution in [0.1, 0.15) is 37.7 Å². The molecule has 0 bridgehead atoms. The molecule has 0 aliphatic rings. The van der Waals surface area contributed by atoms with Crippen LogP contribution >= 0.6 is 11.8 Å². The third-order valence-corrected chi connectivity index (χ3v) is 5.14. The number of carbonyl (C=O) groups is 2. The highest BCUT2D eigenvalue weighted by atomic mass is 32.2. The first-order chi connectivity index (χ1) is 13.5. The molecule has 0 saturated heterocycles. The largest absolute Gasteiger partial charge is 0.460 e. The molecule has 8 heteroatoms. The number of esters is 1. The highest BCUT2D eigenvalue weighted by Crippen LogP contribution is 2.19. The van der Waals surface area contributed by atoms with Crippen LogP contribution in [0.15, 0.2) is 24.3 Å². The van der Waals surface area contributed by atoms with E-state index in [0.717, 1.165) is 0 Å². The van der Waals surface area contributed by atoms with Crippen molar-refractivity contribution in [2.75, 3.05) is 32.6 Å². The zero-order chi connectivity index (χ0) is 20.5. The van der Waals surface area contributed by atoms with E-state index in [-0.39, 0.29) is 18.3 Å². The summed E-state index contributed by atoms with van der Waals surface area (Å²) in [6.45, 7) is 4.33. The van der Waals surface area contributed by atoms with Crippen LogP contribution in [0, 0.1) is 19.7 Å². The van der Waals surface area contributed by atoms with Crippen molar-refractivity contribution in [2.24, 2.45) is 0 Å². The Hall–Kier alpha value is -2.32. The van der Waals surface area contributed by atoms with Crippen molar-refractivity contribution in [1.82, 2.24) is 10.3 Å². The lowest BCUT2D eigenvalue weighted by Gasteiger charge is -2.06. The van der Waals surface area contributed by atoms with Crippen LogP contribution in [0.25, 0.3) is 0 Å². The number of aromatic amines is 1. The molecule has 2 aromatic rings. The topological polar surface area (TPSA) is 80.4 Å². The van der Waals surface area contributed by atoms with E-state index >= 15 is 0 Å². The fourth-order valence-electron chi connectivity index (χ4n) is 2.70. The minimum Gasteiger partial charge on any atom is -0.460 e. The number of amides is 1. The summed E-state index contributed by atoms with van der Waals surface area (Å²) < 4.78 is 23.6. The number of methoxy groups -OCH3 is 1. The average molecular weight is 408 g/mol. The molecule has 1 aromatic heterocycles. The zero-order valence-electron chi connectivity index (χ0n) is 16.3. The number of nitrogens with one attached hydrogen (secondary N) is 2. The summed E-state index contributed by atoms with van der Waals surface area (Å²) in [7, 11) is 1.53. The Morgan fingerprint density at radius 3 is 2.68 bits per heavy atom. The quantitative estimate of drug-likeness (QED) is 0.466. The monoisotopic (exact) mass is 408 g/mol. The van der Waals surface area contributed by atoms with Crippen molar-refractivity contribution in [3.63, 3.8) is 0 Å². The van der Waals surface area contributed by atoms with Crippen molar-refractivity contribution in [2.45, 2.75) is 19.6 Å². The van der Waals surface area contributed by atoms with E-state index < -0.39 is 5.97 Å². The van der Waals surface area contributed by atoms with Gasteiger partial charge >= 0.3 is 5.97 Å². The molecule has 6 nitrogen and oxygen atoms in total. The number of ether oxygens (including phenoxy) is 2. The SMILES string of the molecule is COCCOC(=O)c1c(C)[nH]c(C(=O)NCCSCc2ccccc2F)c1C. The fourth-order valence-corrected chi connectivity index (χ4v) is 3.54. The fraction of sp³-hybridized carbons (Fsp3) is 0.400. The number of aryl methyl sites for hydroxylation is 1. The van der Waals surface area contributed by atoms with Gasteiger partial charge in [0.2, 0.25) is 0 Å². The molecule has 0 aliphatic heterocycles. The molecule has 0 fully saturated rings. The Kier molecular flexibility index (Phi) is 8.53. The highest BCUT2D eigenvalue weighted by Gasteiger charge is 2.22. The van der Waals surface area contributed by atoms with Gasteiger partial charge in [-0.05, 0) is 31.0 Å². The summed E-state index contributed by atoms with van der Waals surface area (Å²) in [4.78, 5) is 27.6. The second-order valence-corrected chi connectivity index (χ2v) is 7.26. The van der Waals surface area contributed by atoms with Crippen molar-refractivity contribution in [1.29, 1.82) is 0 Å². The number of carbonyl (C=O) groups excluding carboxylic acids is 2. The number of thioether (sulfide) groups is 1. The van der Waals surface area contributed by atoms with Gasteiger partial charge in [-0.1, -0.05) is 18.2 Å². The Morgan fingerprint density at radius 2 is 1.96 bits per heavy atom. The predicted octanol–water partition coefficient (Wildman–Crippen LogP) is 3.24. The first-order valence-electron chi connectivity index (χ1n) is 8.90. The van der Waals surface area contributed by atoms with Crippen molar-refractivity contribution < 1.29 is 23.5 Å². The van der Waals surface area contributed by atoms with Crippen LogP contribution in [0.3, 0.4) is 0 Å². The van der Waals surface area contributed by atoms with Gasteiger partial charge in [0.15, 0.2) is 0 Å². The highest BCUT2D eigenvalue weighted by molar-refractivity contribution is 7.98. The van der Waals surface area contributed by atoms with E-state index in [2.05, 4.69) is 10.3 Å². The molecule has 0 saturated carbocycles. The second-order valence-electron chi connectivity index (χ2n) is 6.15. The minimum atomic E-state index is -0.484. The van der Waals surface area contributed by atoms with Gasteiger partial charge in [-0.3, -0.25) is 4.79 Å². The first kappa shape index (κ1) is 22.0. The average Bonchev–Trinajstić information content (AvgIpc) is 2.97. The number of benzene rings is 1. The van der Waals surface area contributed by atoms with Gasteiger partial charge in [-0.25, -0.2) is 9.18 Å². The smallest absolute Gasteiger partial charge is 0.340 e. The molecular formula is C20H25FN2O4S. The Labute approximate surface area is 168 Å². The summed E-state index contributed by atoms with van der Waals surface area (Å²) in [6.07, 6.45) is 0. The van der Waals surface area contributed by atoms with E-state index in [1.807, 2.05) is 0 Å². The number of aromatic nitrogens is 1. The van der Waals surface area contributed by atoms with E-state index in [4.69, 9.17) is 9.47 Å². The zero-order valence-corrected chi connectivity index (χ0v) is 17.1. The maximum Gasteiger partial charge on any atom is 0.340 e. The summed E-state index contributed by atoms with van der Waals surface area (Å²) in [5.41, 5.74) is 2.49. The Bertz CT molecular complexity index is 823. The van der Waals surface area contributed by atoms with Crippen molar-refractivity contribution in [3.05, 3.63) is 58.2 Å². The van der Waals surface area contributed by atoms with Crippen molar-refractivity contribution in [3.8, 4) is 0 Å². The summed E-state index contributed by atoms with van der Waals surface area (Å²) in [5.74, 6) is 0.193. The number of rotatable bonds is 10. The molecule has 0 unspecified atom stereocenters. The van der Waals surface area contributed by atoms with Crippen LogP contribution in [-0.2, 0) is 15.2 Å².